The number of thioether (sulfide) groups is 1. The maximum absolute atomic E-state index is 12.7. The van der Waals surface area contributed by atoms with E-state index < -0.39 is 26.4 Å². The van der Waals surface area contributed by atoms with Gasteiger partial charge in [0.15, 0.2) is 8.32 Å². The van der Waals surface area contributed by atoms with Crippen molar-refractivity contribution in [1.29, 1.82) is 0 Å². The zero-order chi connectivity index (χ0) is 31.0. The van der Waals surface area contributed by atoms with Crippen LogP contribution in [0, 0.1) is 0 Å². The molecule has 7 nitrogen and oxygen atoms in total. The summed E-state index contributed by atoms with van der Waals surface area (Å²) in [6, 6.07) is 22.3. The number of aliphatic carboxylic acids is 1. The Kier molecular flexibility index (Phi) is 11.0. The van der Waals surface area contributed by atoms with Crippen molar-refractivity contribution in [2.24, 2.45) is 0 Å². The van der Waals surface area contributed by atoms with E-state index in [2.05, 4.69) is 51.3 Å². The highest BCUT2D eigenvalue weighted by atomic mass is 32.2. The number of carbonyl (C=O) groups excluding carboxylic acids is 1. The molecule has 43 heavy (non-hydrogen) atoms. The number of benzene rings is 3. The zero-order valence-corrected chi connectivity index (χ0v) is 27.5. The van der Waals surface area contributed by atoms with Gasteiger partial charge in [-0.05, 0) is 58.1 Å². The van der Waals surface area contributed by atoms with Gasteiger partial charge in [-0.3, -0.25) is 0 Å². The van der Waals surface area contributed by atoms with Crippen LogP contribution in [0.1, 0.15) is 43.4 Å². The number of alkyl carbamates (subject to hydrolysis) is 1. The van der Waals surface area contributed by atoms with Gasteiger partial charge in [-0.2, -0.15) is 11.8 Å². The van der Waals surface area contributed by atoms with Crippen molar-refractivity contribution in [1.82, 2.24) is 5.32 Å². The van der Waals surface area contributed by atoms with E-state index in [1.807, 2.05) is 60.7 Å². The normalized spacial score (nSPS) is 13.6. The molecule has 0 aromatic heterocycles. The Bertz CT molecular complexity index is 1340. The van der Waals surface area contributed by atoms with Crippen LogP contribution in [-0.4, -0.2) is 62.9 Å². The Morgan fingerprint density at radius 1 is 0.907 bits per heavy atom. The first-order chi connectivity index (χ1) is 20.5. The molecule has 4 rings (SSSR count). The molecule has 1 amide bonds. The van der Waals surface area contributed by atoms with Crippen molar-refractivity contribution in [2.75, 3.05) is 31.3 Å². The summed E-state index contributed by atoms with van der Waals surface area (Å²) < 4.78 is 17.6. The monoisotopic (exact) mass is 621 g/mol. The molecular formula is C34H43NO6SSi. The summed E-state index contributed by atoms with van der Waals surface area (Å²) in [7, 11) is -1.70. The van der Waals surface area contributed by atoms with Gasteiger partial charge in [0.25, 0.3) is 0 Å². The van der Waals surface area contributed by atoms with E-state index in [1.54, 1.807) is 11.8 Å². The molecule has 1 aliphatic carbocycles. The fraction of sp³-hybridized carbons (Fsp3) is 0.412. The molecular weight excluding hydrogens is 579 g/mol. The molecule has 3 aromatic carbocycles. The average Bonchev–Trinajstić information content (AvgIpc) is 3.29. The van der Waals surface area contributed by atoms with Crippen LogP contribution in [0.15, 0.2) is 72.8 Å². The van der Waals surface area contributed by atoms with Crippen LogP contribution in [0.5, 0.6) is 5.75 Å². The van der Waals surface area contributed by atoms with E-state index in [-0.39, 0.29) is 24.0 Å². The minimum atomic E-state index is -1.70. The Hall–Kier alpha value is -3.27. The Morgan fingerprint density at radius 3 is 2.07 bits per heavy atom. The molecule has 0 unspecified atom stereocenters. The minimum absolute atomic E-state index is 0.0945. The van der Waals surface area contributed by atoms with Crippen molar-refractivity contribution in [3.8, 4) is 16.9 Å². The summed E-state index contributed by atoms with van der Waals surface area (Å²) in [4.78, 5) is 24.6. The number of carbonyl (C=O) groups is 2. The third kappa shape index (κ3) is 8.65. The number of carboxylic acids is 1. The van der Waals surface area contributed by atoms with E-state index in [1.165, 1.54) is 0 Å². The summed E-state index contributed by atoms with van der Waals surface area (Å²) in [6.45, 7) is 12.7. The molecule has 0 aliphatic heterocycles. The van der Waals surface area contributed by atoms with Gasteiger partial charge >= 0.3 is 12.1 Å². The third-order valence-electron chi connectivity index (χ3n) is 8.29. The molecule has 230 valence electrons. The first-order valence-corrected chi connectivity index (χ1v) is 18.8. The van der Waals surface area contributed by atoms with Crippen molar-refractivity contribution in [2.45, 2.75) is 57.3 Å². The van der Waals surface area contributed by atoms with Crippen LogP contribution < -0.4 is 10.1 Å². The molecule has 1 atom stereocenters. The number of hydrogen-bond donors (Lipinski definition) is 2. The first kappa shape index (κ1) is 32.6. The van der Waals surface area contributed by atoms with Crippen LogP contribution in [0.3, 0.4) is 0 Å². The Labute approximate surface area is 260 Å². The number of hydrogen-bond acceptors (Lipinski definition) is 6. The molecule has 0 saturated carbocycles. The maximum Gasteiger partial charge on any atom is 0.407 e. The Balaban J connectivity index is 1.20. The van der Waals surface area contributed by atoms with Crippen molar-refractivity contribution in [3.63, 3.8) is 0 Å². The highest BCUT2D eigenvalue weighted by Crippen LogP contribution is 2.44. The molecule has 9 heteroatoms. The molecule has 2 N–H and O–H groups in total. The molecule has 3 aromatic rings. The molecule has 0 saturated heterocycles. The van der Waals surface area contributed by atoms with Gasteiger partial charge in [-0.15, -0.1) is 0 Å². The summed E-state index contributed by atoms with van der Waals surface area (Å²) in [5.74, 6) is 1.29. The summed E-state index contributed by atoms with van der Waals surface area (Å²) in [6.07, 6.45) is -0.620. The molecule has 0 radical (unpaired) electrons. The van der Waals surface area contributed by atoms with Gasteiger partial charge in [-0.1, -0.05) is 81.4 Å². The summed E-state index contributed by atoms with van der Waals surface area (Å²) in [5, 5.41) is 12.5. The molecule has 0 heterocycles. The molecule has 0 spiro atoms. The van der Waals surface area contributed by atoms with Gasteiger partial charge in [0.2, 0.25) is 0 Å². The van der Waals surface area contributed by atoms with Crippen molar-refractivity contribution < 1.29 is 28.6 Å². The second-order valence-electron chi connectivity index (χ2n) is 12.3. The predicted octanol–water partition coefficient (Wildman–Crippen LogP) is 7.35. The van der Waals surface area contributed by atoms with Gasteiger partial charge in [0, 0.05) is 30.5 Å². The number of carboxylic acid groups (broad SMARTS) is 1. The second kappa shape index (κ2) is 14.5. The van der Waals surface area contributed by atoms with Crippen LogP contribution in [-0.2, 0) is 20.4 Å². The van der Waals surface area contributed by atoms with Gasteiger partial charge in [0.1, 0.15) is 18.4 Å². The smallest absolute Gasteiger partial charge is 0.407 e. The second-order valence-corrected chi connectivity index (χ2v) is 18.3. The van der Waals surface area contributed by atoms with Crippen molar-refractivity contribution in [3.05, 3.63) is 89.5 Å². The van der Waals surface area contributed by atoms with Gasteiger partial charge in [-0.25, -0.2) is 9.59 Å². The highest BCUT2D eigenvalue weighted by molar-refractivity contribution is 7.99. The van der Waals surface area contributed by atoms with Crippen LogP contribution in [0.25, 0.3) is 11.1 Å². The maximum atomic E-state index is 12.7. The summed E-state index contributed by atoms with van der Waals surface area (Å²) >= 11 is 1.80. The fourth-order valence-corrected chi connectivity index (χ4v) is 6.63. The van der Waals surface area contributed by atoms with Crippen LogP contribution in [0.4, 0.5) is 4.79 Å². The largest absolute Gasteiger partial charge is 0.493 e. The lowest BCUT2D eigenvalue weighted by Gasteiger charge is -2.36. The third-order valence-corrected chi connectivity index (χ3v) is 13.7. The highest BCUT2D eigenvalue weighted by Gasteiger charge is 2.36. The van der Waals surface area contributed by atoms with Crippen LogP contribution in [0.2, 0.25) is 18.1 Å². The summed E-state index contributed by atoms with van der Waals surface area (Å²) in [5.41, 5.74) is 5.24. The van der Waals surface area contributed by atoms with Crippen molar-refractivity contribution >= 4 is 32.1 Å². The zero-order valence-electron chi connectivity index (χ0n) is 25.7. The first-order valence-electron chi connectivity index (χ1n) is 14.7. The minimum Gasteiger partial charge on any atom is -0.493 e. The lowest BCUT2D eigenvalue weighted by atomic mass is 9.98. The molecule has 1 aliphatic rings. The van der Waals surface area contributed by atoms with E-state index in [9.17, 15) is 14.7 Å². The SMILES string of the molecule is CC(C)(C)[Si](C)(C)OCCSCCOc1ccc(C[C@H](NC(=O)OCC2c3ccccc3-c3ccccc32)C(=O)O)cc1. The standard InChI is InChI=1S/C34H43NO6SSi/c1-34(2,3)43(4,5)41-19-21-42-20-18-39-25-16-14-24(15-17-25)22-31(32(36)37)35-33(38)40-23-30-28-12-8-6-10-26(28)27-11-7-9-13-29(27)30/h6-17,30-31H,18-23H2,1-5H3,(H,35,38)(H,36,37)/t31-/m0/s1. The van der Waals surface area contributed by atoms with Gasteiger partial charge in [0.05, 0.1) is 6.61 Å². The topological polar surface area (TPSA) is 94.1 Å². The predicted molar refractivity (Wildman–Crippen MR) is 176 cm³/mol. The van der Waals surface area contributed by atoms with E-state index in [4.69, 9.17) is 13.9 Å². The van der Waals surface area contributed by atoms with Gasteiger partial charge < -0.3 is 24.3 Å². The average molecular weight is 622 g/mol. The number of rotatable bonds is 14. The van der Waals surface area contributed by atoms with Crippen LogP contribution >= 0.6 is 11.8 Å². The molecule has 0 bridgehead atoms. The molecule has 0 fully saturated rings. The van der Waals surface area contributed by atoms with E-state index in [0.717, 1.165) is 51.7 Å². The Morgan fingerprint density at radius 2 is 1.49 bits per heavy atom. The van der Waals surface area contributed by atoms with E-state index in [0.29, 0.717) is 6.61 Å². The fourth-order valence-electron chi connectivity index (χ4n) is 4.83. The lowest BCUT2D eigenvalue weighted by molar-refractivity contribution is -0.139. The number of fused-ring (bicyclic) bond motifs is 3. The number of nitrogens with one attached hydrogen (secondary N) is 1. The number of ether oxygens (including phenoxy) is 2. The lowest BCUT2D eigenvalue weighted by Crippen LogP contribution is -2.42. The quantitative estimate of drug-likeness (QED) is 0.144. The number of amides is 1. The van der Waals surface area contributed by atoms with E-state index >= 15 is 0 Å².